The third-order valence-electron chi connectivity index (χ3n) is 4.39. The van der Waals surface area contributed by atoms with Gasteiger partial charge in [-0.1, -0.05) is 26.0 Å². The molecule has 5 nitrogen and oxygen atoms in total. The predicted molar refractivity (Wildman–Crippen MR) is 106 cm³/mol. The Kier molecular flexibility index (Phi) is 5.67. The SMILES string of the molecule is CC(C)CC(NC(=O)c1cccc(N2CCCS2(=O)=O)c1)c1cccs1. The third kappa shape index (κ3) is 4.27. The zero-order valence-electron chi connectivity index (χ0n) is 15.0. The van der Waals surface area contributed by atoms with Gasteiger partial charge in [0.05, 0.1) is 17.5 Å². The van der Waals surface area contributed by atoms with Crippen molar-refractivity contribution in [1.29, 1.82) is 0 Å². The Hall–Kier alpha value is -1.86. The highest BCUT2D eigenvalue weighted by atomic mass is 32.2. The van der Waals surface area contributed by atoms with Gasteiger partial charge in [0.15, 0.2) is 0 Å². The fourth-order valence-corrected chi connectivity index (χ4v) is 5.53. The van der Waals surface area contributed by atoms with Crippen LogP contribution >= 0.6 is 11.3 Å². The molecule has 3 rings (SSSR count). The number of carbonyl (C=O) groups is 1. The number of hydrogen-bond donors (Lipinski definition) is 1. The minimum atomic E-state index is -3.25. The lowest BCUT2D eigenvalue weighted by atomic mass is 10.0. The van der Waals surface area contributed by atoms with Gasteiger partial charge in [-0.15, -0.1) is 11.3 Å². The molecule has 2 aromatic rings. The highest BCUT2D eigenvalue weighted by Crippen LogP contribution is 2.27. The zero-order chi connectivity index (χ0) is 18.7. The van der Waals surface area contributed by atoms with Crippen molar-refractivity contribution in [2.75, 3.05) is 16.6 Å². The summed E-state index contributed by atoms with van der Waals surface area (Å²) < 4.78 is 25.6. The molecular weight excluding hydrogens is 368 g/mol. The van der Waals surface area contributed by atoms with E-state index in [0.29, 0.717) is 30.1 Å². The molecule has 1 amide bonds. The number of hydrogen-bond acceptors (Lipinski definition) is 4. The topological polar surface area (TPSA) is 66.5 Å². The number of rotatable bonds is 6. The van der Waals surface area contributed by atoms with Crippen LogP contribution in [0.25, 0.3) is 0 Å². The van der Waals surface area contributed by atoms with E-state index >= 15 is 0 Å². The molecule has 140 valence electrons. The van der Waals surface area contributed by atoms with Crippen molar-refractivity contribution in [2.45, 2.75) is 32.7 Å². The summed E-state index contributed by atoms with van der Waals surface area (Å²) in [6.07, 6.45) is 1.47. The van der Waals surface area contributed by atoms with E-state index in [4.69, 9.17) is 0 Å². The van der Waals surface area contributed by atoms with Crippen LogP contribution in [-0.4, -0.2) is 26.6 Å². The van der Waals surface area contributed by atoms with Crippen LogP contribution in [0.4, 0.5) is 5.69 Å². The van der Waals surface area contributed by atoms with Gasteiger partial charge in [-0.25, -0.2) is 8.42 Å². The van der Waals surface area contributed by atoms with Gasteiger partial charge in [0, 0.05) is 17.0 Å². The van der Waals surface area contributed by atoms with Crippen molar-refractivity contribution in [3.63, 3.8) is 0 Å². The van der Waals surface area contributed by atoms with E-state index in [0.717, 1.165) is 11.3 Å². The molecule has 0 saturated carbocycles. The van der Waals surface area contributed by atoms with Crippen LogP contribution < -0.4 is 9.62 Å². The van der Waals surface area contributed by atoms with Gasteiger partial charge >= 0.3 is 0 Å². The molecule has 1 atom stereocenters. The zero-order valence-corrected chi connectivity index (χ0v) is 16.6. The fourth-order valence-electron chi connectivity index (χ4n) is 3.18. The smallest absolute Gasteiger partial charge is 0.251 e. The summed E-state index contributed by atoms with van der Waals surface area (Å²) in [6.45, 7) is 4.73. The van der Waals surface area contributed by atoms with Crippen molar-refractivity contribution in [2.24, 2.45) is 5.92 Å². The largest absolute Gasteiger partial charge is 0.344 e. The molecule has 0 bridgehead atoms. The van der Waals surface area contributed by atoms with Crippen LogP contribution in [0, 0.1) is 5.92 Å². The molecule has 1 aliphatic rings. The molecule has 26 heavy (non-hydrogen) atoms. The monoisotopic (exact) mass is 392 g/mol. The first-order valence-electron chi connectivity index (χ1n) is 8.81. The number of thiophene rings is 1. The summed E-state index contributed by atoms with van der Waals surface area (Å²) in [6, 6.07) is 10.8. The maximum atomic E-state index is 12.8. The van der Waals surface area contributed by atoms with E-state index in [-0.39, 0.29) is 17.7 Å². The minimum Gasteiger partial charge on any atom is -0.344 e. The third-order valence-corrected chi connectivity index (χ3v) is 7.25. The summed E-state index contributed by atoms with van der Waals surface area (Å²) in [4.78, 5) is 13.9. The molecule has 0 aliphatic carbocycles. The Labute approximate surface area is 159 Å². The van der Waals surface area contributed by atoms with Gasteiger partial charge < -0.3 is 5.32 Å². The Balaban J connectivity index is 1.80. The van der Waals surface area contributed by atoms with Gasteiger partial charge in [0.2, 0.25) is 10.0 Å². The predicted octanol–water partition coefficient (Wildman–Crippen LogP) is 3.81. The summed E-state index contributed by atoms with van der Waals surface area (Å²) in [5.41, 5.74) is 1.04. The minimum absolute atomic E-state index is 0.0401. The van der Waals surface area contributed by atoms with Crippen LogP contribution in [-0.2, 0) is 10.0 Å². The Bertz CT molecular complexity index is 861. The number of nitrogens with zero attached hydrogens (tertiary/aromatic N) is 1. The average molecular weight is 393 g/mol. The molecule has 1 unspecified atom stereocenters. The molecule has 7 heteroatoms. The van der Waals surface area contributed by atoms with Crippen LogP contribution in [0.2, 0.25) is 0 Å². The highest BCUT2D eigenvalue weighted by Gasteiger charge is 2.29. The summed E-state index contributed by atoms with van der Waals surface area (Å²) in [5, 5.41) is 5.12. The lowest BCUT2D eigenvalue weighted by molar-refractivity contribution is 0.0932. The van der Waals surface area contributed by atoms with Crippen molar-refractivity contribution < 1.29 is 13.2 Å². The van der Waals surface area contributed by atoms with Gasteiger partial charge in [-0.2, -0.15) is 0 Å². The standard InChI is InChI=1S/C19H24N2O3S2/c1-14(2)12-17(18-8-4-10-25-18)20-19(22)15-6-3-7-16(13-15)21-9-5-11-26(21,23)24/h3-4,6-8,10,13-14,17H,5,9,11-12H2,1-2H3,(H,20,22). The first-order valence-corrected chi connectivity index (χ1v) is 11.3. The van der Waals surface area contributed by atoms with Crippen LogP contribution in [0.15, 0.2) is 41.8 Å². The van der Waals surface area contributed by atoms with Gasteiger partial charge in [-0.3, -0.25) is 9.10 Å². The van der Waals surface area contributed by atoms with Gasteiger partial charge in [0.1, 0.15) is 0 Å². The second-order valence-electron chi connectivity index (χ2n) is 6.96. The maximum Gasteiger partial charge on any atom is 0.251 e. The number of nitrogens with one attached hydrogen (secondary N) is 1. The molecule has 2 heterocycles. The van der Waals surface area contributed by atoms with E-state index < -0.39 is 10.0 Å². The molecule has 1 saturated heterocycles. The van der Waals surface area contributed by atoms with Crippen LogP contribution in [0.1, 0.15) is 48.0 Å². The first-order chi connectivity index (χ1) is 12.4. The lowest BCUT2D eigenvalue weighted by Gasteiger charge is -2.21. The Morgan fingerprint density at radius 3 is 2.69 bits per heavy atom. The molecule has 1 N–H and O–H groups in total. The van der Waals surface area contributed by atoms with Gasteiger partial charge in [-0.05, 0) is 48.4 Å². The normalized spacial score (nSPS) is 17.4. The Morgan fingerprint density at radius 1 is 1.27 bits per heavy atom. The molecule has 1 aromatic carbocycles. The van der Waals surface area contributed by atoms with Crippen molar-refractivity contribution in [3.05, 3.63) is 52.2 Å². The molecule has 1 fully saturated rings. The summed E-state index contributed by atoms with van der Waals surface area (Å²) >= 11 is 1.63. The summed E-state index contributed by atoms with van der Waals surface area (Å²) in [7, 11) is -3.25. The van der Waals surface area contributed by atoms with E-state index in [2.05, 4.69) is 19.2 Å². The first kappa shape index (κ1) is 18.9. The molecular formula is C19H24N2O3S2. The second-order valence-corrected chi connectivity index (χ2v) is 9.96. The number of amides is 1. The molecule has 0 radical (unpaired) electrons. The van der Waals surface area contributed by atoms with Crippen LogP contribution in [0.3, 0.4) is 0 Å². The Morgan fingerprint density at radius 2 is 2.08 bits per heavy atom. The number of sulfonamides is 1. The quantitative estimate of drug-likeness (QED) is 0.813. The average Bonchev–Trinajstić information content (AvgIpc) is 3.23. The van der Waals surface area contributed by atoms with E-state index in [1.165, 1.54) is 4.31 Å². The van der Waals surface area contributed by atoms with E-state index in [1.807, 2.05) is 17.5 Å². The number of anilines is 1. The van der Waals surface area contributed by atoms with Crippen LogP contribution in [0.5, 0.6) is 0 Å². The second kappa shape index (κ2) is 7.80. The maximum absolute atomic E-state index is 12.8. The number of benzene rings is 1. The van der Waals surface area contributed by atoms with Crippen molar-refractivity contribution in [3.8, 4) is 0 Å². The number of carbonyl (C=O) groups excluding carboxylic acids is 1. The van der Waals surface area contributed by atoms with E-state index in [1.54, 1.807) is 35.6 Å². The molecule has 0 spiro atoms. The lowest BCUT2D eigenvalue weighted by Crippen LogP contribution is -2.29. The van der Waals surface area contributed by atoms with Crippen molar-refractivity contribution in [1.82, 2.24) is 5.32 Å². The highest BCUT2D eigenvalue weighted by molar-refractivity contribution is 7.93. The van der Waals surface area contributed by atoms with Crippen molar-refractivity contribution >= 4 is 33.0 Å². The van der Waals surface area contributed by atoms with Gasteiger partial charge in [0.25, 0.3) is 5.91 Å². The fraction of sp³-hybridized carbons (Fsp3) is 0.421. The molecule has 1 aromatic heterocycles. The van der Waals surface area contributed by atoms with E-state index in [9.17, 15) is 13.2 Å². The summed E-state index contributed by atoms with van der Waals surface area (Å²) in [5.74, 6) is 0.434. The molecule has 1 aliphatic heterocycles.